The van der Waals surface area contributed by atoms with Crippen molar-refractivity contribution in [3.05, 3.63) is 66.3 Å². The molecule has 0 unspecified atom stereocenters. The van der Waals surface area contributed by atoms with Gasteiger partial charge in [0.15, 0.2) is 0 Å². The Morgan fingerprint density at radius 3 is 2.44 bits per heavy atom. The minimum absolute atomic E-state index is 1.10. The number of rotatable bonds is 2. The fourth-order valence-electron chi connectivity index (χ4n) is 1.78. The van der Waals surface area contributed by atoms with Crippen molar-refractivity contribution in [2.24, 2.45) is 0 Å². The number of fused-ring (bicyclic) bond motifs is 1. The number of benzene rings is 2. The summed E-state index contributed by atoms with van der Waals surface area (Å²) >= 11 is 0. The first-order chi connectivity index (χ1) is 7.72. The van der Waals surface area contributed by atoms with Crippen LogP contribution >= 0.6 is 0 Å². The van der Waals surface area contributed by atoms with Crippen molar-refractivity contribution in [1.82, 2.24) is 0 Å². The first-order valence-corrected chi connectivity index (χ1v) is 5.53. The van der Waals surface area contributed by atoms with E-state index in [0.717, 1.165) is 5.57 Å². The summed E-state index contributed by atoms with van der Waals surface area (Å²) in [4.78, 5) is 0. The zero-order valence-corrected chi connectivity index (χ0v) is 9.83. The lowest BCUT2D eigenvalue weighted by atomic mass is 9.98. The predicted molar refractivity (Wildman–Crippen MR) is 72.4 cm³/mol. The molecule has 2 aromatic rings. The lowest BCUT2D eigenvalue weighted by Crippen LogP contribution is -1.84. The van der Waals surface area contributed by atoms with Gasteiger partial charge in [-0.25, -0.2) is 0 Å². The number of hydrogen-bond acceptors (Lipinski definition) is 0. The van der Waals surface area contributed by atoms with Crippen LogP contribution in [-0.2, 0) is 0 Å². The molecule has 0 N–H and O–H groups in total. The Bertz CT molecular complexity index is 559. The van der Waals surface area contributed by atoms with Crippen LogP contribution in [0.15, 0.2) is 60.7 Å². The van der Waals surface area contributed by atoms with E-state index in [-0.39, 0.29) is 0 Å². The molecule has 0 atom stereocenters. The molecule has 0 saturated carbocycles. The van der Waals surface area contributed by atoms with Crippen molar-refractivity contribution in [1.29, 1.82) is 0 Å². The second-order valence-corrected chi connectivity index (χ2v) is 4.01. The van der Waals surface area contributed by atoms with Crippen LogP contribution in [0.2, 0.25) is 0 Å². The van der Waals surface area contributed by atoms with Gasteiger partial charge < -0.3 is 0 Å². The van der Waals surface area contributed by atoms with Gasteiger partial charge in [0.25, 0.3) is 0 Å². The molecule has 0 nitrogen and oxygen atoms in total. The van der Waals surface area contributed by atoms with Gasteiger partial charge in [0.05, 0.1) is 0 Å². The van der Waals surface area contributed by atoms with Crippen molar-refractivity contribution in [3.8, 4) is 0 Å². The van der Waals surface area contributed by atoms with Crippen molar-refractivity contribution in [2.45, 2.75) is 13.8 Å². The highest BCUT2D eigenvalue weighted by molar-refractivity contribution is 5.88. The highest BCUT2D eigenvalue weighted by atomic mass is 14.1. The number of allylic oxidation sites excluding steroid dienone is 3. The summed E-state index contributed by atoms with van der Waals surface area (Å²) in [5, 5.41) is 2.54. The van der Waals surface area contributed by atoms with Gasteiger partial charge in [-0.05, 0) is 47.4 Å². The molecule has 0 saturated heterocycles. The van der Waals surface area contributed by atoms with Crippen LogP contribution in [0.4, 0.5) is 0 Å². The summed E-state index contributed by atoms with van der Waals surface area (Å²) in [5.41, 5.74) is 3.54. The molecule has 0 bridgehead atoms. The maximum absolute atomic E-state index is 4.13. The maximum Gasteiger partial charge on any atom is -0.0178 e. The topological polar surface area (TPSA) is 0 Å². The molecular weight excluding hydrogens is 192 g/mol. The van der Waals surface area contributed by atoms with Crippen LogP contribution in [0.1, 0.15) is 19.4 Å². The van der Waals surface area contributed by atoms with Gasteiger partial charge in [-0.1, -0.05) is 49.1 Å². The van der Waals surface area contributed by atoms with E-state index in [1.165, 1.54) is 21.9 Å². The fraction of sp³-hybridized carbons (Fsp3) is 0.125. The van der Waals surface area contributed by atoms with Gasteiger partial charge in [0, 0.05) is 0 Å². The largest absolute Gasteiger partial charge is 0.0909 e. The molecule has 0 spiro atoms. The lowest BCUT2D eigenvalue weighted by Gasteiger charge is -2.07. The molecule has 0 radical (unpaired) electrons. The van der Waals surface area contributed by atoms with Crippen LogP contribution in [0, 0.1) is 0 Å². The first-order valence-electron chi connectivity index (χ1n) is 5.53. The van der Waals surface area contributed by atoms with Crippen LogP contribution < -0.4 is 0 Å². The SMILES string of the molecule is C=C(/C(C)=C\C)c1ccc2ccccc2c1. The zero-order valence-electron chi connectivity index (χ0n) is 9.83. The van der Waals surface area contributed by atoms with Gasteiger partial charge in [-0.2, -0.15) is 0 Å². The molecule has 80 valence electrons. The Labute approximate surface area is 96.9 Å². The standard InChI is InChI=1S/C16H16/c1-4-12(2)13(3)15-10-9-14-7-5-6-8-16(14)11-15/h4-11H,3H2,1-2H3/b12-4-. The van der Waals surface area contributed by atoms with E-state index in [4.69, 9.17) is 0 Å². The molecule has 2 rings (SSSR count). The summed E-state index contributed by atoms with van der Waals surface area (Å²) in [6.07, 6.45) is 2.09. The van der Waals surface area contributed by atoms with E-state index in [0.29, 0.717) is 0 Å². The molecule has 0 fully saturated rings. The zero-order chi connectivity index (χ0) is 11.5. The third-order valence-electron chi connectivity index (χ3n) is 3.01. The highest BCUT2D eigenvalue weighted by Crippen LogP contribution is 2.24. The van der Waals surface area contributed by atoms with Gasteiger partial charge in [-0.15, -0.1) is 0 Å². The first kappa shape index (κ1) is 10.7. The Hall–Kier alpha value is -1.82. The Morgan fingerprint density at radius 2 is 1.75 bits per heavy atom. The number of hydrogen-bond donors (Lipinski definition) is 0. The summed E-state index contributed by atoms with van der Waals surface area (Å²) in [6.45, 7) is 8.27. The second-order valence-electron chi connectivity index (χ2n) is 4.01. The average Bonchev–Trinajstić information content (AvgIpc) is 2.36. The van der Waals surface area contributed by atoms with E-state index in [1.807, 2.05) is 6.92 Å². The molecule has 0 heterocycles. The van der Waals surface area contributed by atoms with Gasteiger partial charge in [0.2, 0.25) is 0 Å². The summed E-state index contributed by atoms with van der Waals surface area (Å²) < 4.78 is 0. The lowest BCUT2D eigenvalue weighted by molar-refractivity contribution is 1.48. The quantitative estimate of drug-likeness (QED) is 0.621. The molecule has 0 aliphatic heterocycles. The van der Waals surface area contributed by atoms with Crippen LogP contribution in [0.25, 0.3) is 16.3 Å². The van der Waals surface area contributed by atoms with Crippen molar-refractivity contribution in [2.75, 3.05) is 0 Å². The molecule has 0 aliphatic rings. The van der Waals surface area contributed by atoms with E-state index >= 15 is 0 Å². The van der Waals surface area contributed by atoms with E-state index < -0.39 is 0 Å². The molecular formula is C16H16. The predicted octanol–water partition coefficient (Wildman–Crippen LogP) is 4.82. The maximum atomic E-state index is 4.13. The minimum Gasteiger partial charge on any atom is -0.0909 e. The van der Waals surface area contributed by atoms with E-state index in [1.54, 1.807) is 0 Å². The van der Waals surface area contributed by atoms with E-state index in [2.05, 4.69) is 62.0 Å². The smallest absolute Gasteiger partial charge is 0.0178 e. The van der Waals surface area contributed by atoms with Crippen LogP contribution in [-0.4, -0.2) is 0 Å². The van der Waals surface area contributed by atoms with Gasteiger partial charge in [0.1, 0.15) is 0 Å². The summed E-state index contributed by atoms with van der Waals surface area (Å²) in [5.74, 6) is 0. The van der Waals surface area contributed by atoms with Crippen molar-refractivity contribution < 1.29 is 0 Å². The minimum atomic E-state index is 1.10. The molecule has 0 amide bonds. The van der Waals surface area contributed by atoms with Crippen LogP contribution in [0.5, 0.6) is 0 Å². The fourth-order valence-corrected chi connectivity index (χ4v) is 1.78. The van der Waals surface area contributed by atoms with Gasteiger partial charge in [-0.3, -0.25) is 0 Å². The van der Waals surface area contributed by atoms with Gasteiger partial charge >= 0.3 is 0 Å². The molecule has 0 aliphatic carbocycles. The van der Waals surface area contributed by atoms with Crippen LogP contribution in [0.3, 0.4) is 0 Å². The molecule has 16 heavy (non-hydrogen) atoms. The normalized spacial score (nSPS) is 11.8. The Morgan fingerprint density at radius 1 is 1.06 bits per heavy atom. The Balaban J connectivity index is 2.51. The molecule has 0 aromatic heterocycles. The average molecular weight is 208 g/mol. The Kier molecular flexibility index (Phi) is 2.91. The third-order valence-corrected chi connectivity index (χ3v) is 3.01. The monoisotopic (exact) mass is 208 g/mol. The van der Waals surface area contributed by atoms with Crippen molar-refractivity contribution in [3.63, 3.8) is 0 Å². The second kappa shape index (κ2) is 4.36. The molecule has 2 aromatic carbocycles. The van der Waals surface area contributed by atoms with E-state index in [9.17, 15) is 0 Å². The van der Waals surface area contributed by atoms with Crippen molar-refractivity contribution >= 4 is 16.3 Å². The highest BCUT2D eigenvalue weighted by Gasteiger charge is 2.01. The summed E-state index contributed by atoms with van der Waals surface area (Å²) in [7, 11) is 0. The summed E-state index contributed by atoms with van der Waals surface area (Å²) in [6, 6.07) is 14.9. The molecule has 0 heteroatoms. The third kappa shape index (κ3) is 1.92.